The highest BCUT2D eigenvalue weighted by atomic mass is 35.5. The van der Waals surface area contributed by atoms with E-state index in [2.05, 4.69) is 0 Å². The Balaban J connectivity index is 1.52. The Bertz CT molecular complexity index is 983. The molecule has 0 amide bonds. The van der Waals surface area contributed by atoms with Crippen molar-refractivity contribution in [2.45, 2.75) is 17.7 Å². The van der Waals surface area contributed by atoms with Gasteiger partial charge in [-0.15, -0.1) is 0 Å². The molecule has 6 nitrogen and oxygen atoms in total. The molecule has 1 aliphatic rings. The molecule has 0 bridgehead atoms. The van der Waals surface area contributed by atoms with Crippen LogP contribution in [0.25, 0.3) is 0 Å². The second-order valence-corrected chi connectivity index (χ2v) is 9.48. The van der Waals surface area contributed by atoms with E-state index in [1.807, 2.05) is 0 Å². The standard InChI is InChI=1S/C20H19Cl2NO5S/c21-16-3-1-14(2-4-16)19(24)13-28-20(25)15-9-11-23(12-10-15)29(26,27)18-7-5-17(22)6-8-18/h1-8,15H,9-13H2. The molecule has 0 spiro atoms. The van der Waals surface area contributed by atoms with Crippen LogP contribution in [0.5, 0.6) is 0 Å². The Morgan fingerprint density at radius 1 is 0.931 bits per heavy atom. The maximum atomic E-state index is 12.7. The van der Waals surface area contributed by atoms with Gasteiger partial charge in [-0.2, -0.15) is 4.31 Å². The van der Waals surface area contributed by atoms with Gasteiger partial charge in [0.2, 0.25) is 10.0 Å². The molecule has 0 aliphatic carbocycles. The lowest BCUT2D eigenvalue weighted by Crippen LogP contribution is -2.40. The van der Waals surface area contributed by atoms with Crippen molar-refractivity contribution in [3.63, 3.8) is 0 Å². The summed E-state index contributed by atoms with van der Waals surface area (Å²) in [7, 11) is -3.64. The number of ether oxygens (including phenoxy) is 1. The van der Waals surface area contributed by atoms with E-state index in [-0.39, 0.29) is 30.4 Å². The number of esters is 1. The van der Waals surface area contributed by atoms with Crippen molar-refractivity contribution in [3.05, 3.63) is 64.1 Å². The average Bonchev–Trinajstić information content (AvgIpc) is 2.72. The highest BCUT2D eigenvalue weighted by molar-refractivity contribution is 7.89. The average molecular weight is 456 g/mol. The Morgan fingerprint density at radius 2 is 1.45 bits per heavy atom. The van der Waals surface area contributed by atoms with E-state index in [4.69, 9.17) is 27.9 Å². The first-order chi connectivity index (χ1) is 13.8. The van der Waals surface area contributed by atoms with Gasteiger partial charge in [-0.1, -0.05) is 23.2 Å². The number of rotatable bonds is 6. The fourth-order valence-corrected chi connectivity index (χ4v) is 4.78. The number of hydrogen-bond donors (Lipinski definition) is 0. The minimum absolute atomic E-state index is 0.163. The molecule has 0 aromatic heterocycles. The van der Waals surface area contributed by atoms with Crippen molar-refractivity contribution in [1.82, 2.24) is 4.31 Å². The fourth-order valence-electron chi connectivity index (χ4n) is 3.06. The molecular weight excluding hydrogens is 437 g/mol. The lowest BCUT2D eigenvalue weighted by atomic mass is 9.98. The number of nitrogens with zero attached hydrogens (tertiary/aromatic N) is 1. The summed E-state index contributed by atoms with van der Waals surface area (Å²) in [5, 5.41) is 0.970. The van der Waals surface area contributed by atoms with Gasteiger partial charge in [-0.3, -0.25) is 9.59 Å². The molecule has 0 unspecified atom stereocenters. The predicted molar refractivity (Wildman–Crippen MR) is 110 cm³/mol. The maximum Gasteiger partial charge on any atom is 0.309 e. The van der Waals surface area contributed by atoms with E-state index in [0.717, 1.165) is 0 Å². The van der Waals surface area contributed by atoms with Crippen LogP contribution in [0.3, 0.4) is 0 Å². The molecule has 2 aromatic carbocycles. The van der Waals surface area contributed by atoms with Gasteiger partial charge < -0.3 is 4.74 Å². The number of hydrogen-bond acceptors (Lipinski definition) is 5. The normalized spacial score (nSPS) is 15.8. The van der Waals surface area contributed by atoms with E-state index in [0.29, 0.717) is 28.5 Å². The third-order valence-corrected chi connectivity index (χ3v) is 7.17. The quantitative estimate of drug-likeness (QED) is 0.488. The molecule has 1 heterocycles. The molecule has 154 valence electrons. The SMILES string of the molecule is O=C(COC(=O)C1CCN(S(=O)(=O)c2ccc(Cl)cc2)CC1)c1ccc(Cl)cc1. The van der Waals surface area contributed by atoms with E-state index < -0.39 is 21.9 Å². The van der Waals surface area contributed by atoms with Crippen LogP contribution in [-0.4, -0.2) is 44.2 Å². The lowest BCUT2D eigenvalue weighted by molar-refractivity contribution is -0.148. The molecule has 2 aromatic rings. The van der Waals surface area contributed by atoms with Crippen molar-refractivity contribution in [3.8, 4) is 0 Å². The number of ketones is 1. The number of benzene rings is 2. The van der Waals surface area contributed by atoms with Crippen molar-refractivity contribution >= 4 is 45.0 Å². The smallest absolute Gasteiger partial charge is 0.309 e. The van der Waals surface area contributed by atoms with Crippen LogP contribution >= 0.6 is 23.2 Å². The number of sulfonamides is 1. The first kappa shape index (κ1) is 21.8. The van der Waals surface area contributed by atoms with E-state index in [1.165, 1.54) is 28.6 Å². The van der Waals surface area contributed by atoms with Crippen molar-refractivity contribution < 1.29 is 22.7 Å². The molecule has 0 saturated carbocycles. The summed E-state index contributed by atoms with van der Waals surface area (Å²) in [6.45, 7) is 0.0511. The van der Waals surface area contributed by atoms with Crippen LogP contribution in [-0.2, 0) is 19.6 Å². The molecule has 0 N–H and O–H groups in total. The molecule has 29 heavy (non-hydrogen) atoms. The van der Waals surface area contributed by atoms with Gasteiger partial charge in [0.25, 0.3) is 0 Å². The van der Waals surface area contributed by atoms with Crippen LogP contribution in [0.2, 0.25) is 10.0 Å². The van der Waals surface area contributed by atoms with Gasteiger partial charge in [0.15, 0.2) is 12.4 Å². The first-order valence-electron chi connectivity index (χ1n) is 8.98. The van der Waals surface area contributed by atoms with E-state index >= 15 is 0 Å². The summed E-state index contributed by atoms with van der Waals surface area (Å²) in [6, 6.07) is 12.3. The molecule has 1 saturated heterocycles. The van der Waals surface area contributed by atoms with Gasteiger partial charge in [-0.25, -0.2) is 8.42 Å². The van der Waals surface area contributed by atoms with Crippen molar-refractivity contribution in [2.75, 3.05) is 19.7 Å². The minimum Gasteiger partial charge on any atom is -0.457 e. The number of halogens is 2. The Morgan fingerprint density at radius 3 is 2.00 bits per heavy atom. The van der Waals surface area contributed by atoms with Gasteiger partial charge in [0, 0.05) is 28.7 Å². The Kier molecular flexibility index (Phi) is 6.95. The second-order valence-electron chi connectivity index (χ2n) is 6.67. The summed E-state index contributed by atoms with van der Waals surface area (Å²) in [5.41, 5.74) is 0.408. The monoisotopic (exact) mass is 455 g/mol. The Labute approximate surface area is 179 Å². The van der Waals surface area contributed by atoms with Crippen LogP contribution in [0.15, 0.2) is 53.4 Å². The topological polar surface area (TPSA) is 80.8 Å². The summed E-state index contributed by atoms with van der Waals surface area (Å²) < 4.78 is 31.9. The van der Waals surface area contributed by atoms with Crippen molar-refractivity contribution in [2.24, 2.45) is 5.92 Å². The molecule has 0 radical (unpaired) electrons. The van der Waals surface area contributed by atoms with Gasteiger partial charge in [0.05, 0.1) is 10.8 Å². The van der Waals surface area contributed by atoms with Crippen LogP contribution in [0.1, 0.15) is 23.2 Å². The minimum atomic E-state index is -3.64. The molecule has 1 fully saturated rings. The predicted octanol–water partition coefficient (Wildman–Crippen LogP) is 3.82. The highest BCUT2D eigenvalue weighted by Gasteiger charge is 2.33. The third kappa shape index (κ3) is 5.36. The number of piperidine rings is 1. The van der Waals surface area contributed by atoms with Gasteiger partial charge >= 0.3 is 5.97 Å². The fraction of sp³-hybridized carbons (Fsp3) is 0.300. The number of carbonyl (C=O) groups excluding carboxylic acids is 2. The zero-order valence-corrected chi connectivity index (χ0v) is 17.7. The summed E-state index contributed by atoms with van der Waals surface area (Å²) >= 11 is 11.6. The summed E-state index contributed by atoms with van der Waals surface area (Å²) in [6.07, 6.45) is 0.668. The summed E-state index contributed by atoms with van der Waals surface area (Å²) in [5.74, 6) is -1.25. The van der Waals surface area contributed by atoms with E-state index in [1.54, 1.807) is 24.3 Å². The Hall–Kier alpha value is -1.93. The zero-order chi connectivity index (χ0) is 21.0. The van der Waals surface area contributed by atoms with E-state index in [9.17, 15) is 18.0 Å². The highest BCUT2D eigenvalue weighted by Crippen LogP contribution is 2.25. The molecule has 9 heteroatoms. The number of Topliss-reactive ketones (excluding diaryl/α,β-unsaturated/α-hetero) is 1. The molecule has 1 aliphatic heterocycles. The van der Waals surface area contributed by atoms with Gasteiger partial charge in [-0.05, 0) is 61.4 Å². The number of carbonyl (C=O) groups is 2. The summed E-state index contributed by atoms with van der Waals surface area (Å²) in [4.78, 5) is 24.5. The first-order valence-corrected chi connectivity index (χ1v) is 11.2. The molecule has 0 atom stereocenters. The van der Waals surface area contributed by atoms with Crippen LogP contribution < -0.4 is 0 Å². The van der Waals surface area contributed by atoms with Crippen LogP contribution in [0.4, 0.5) is 0 Å². The third-order valence-electron chi connectivity index (χ3n) is 4.75. The second kappa shape index (κ2) is 9.26. The zero-order valence-electron chi connectivity index (χ0n) is 15.4. The molecule has 3 rings (SSSR count). The lowest BCUT2D eigenvalue weighted by Gasteiger charge is -2.30. The van der Waals surface area contributed by atoms with Crippen LogP contribution in [0, 0.1) is 5.92 Å². The largest absolute Gasteiger partial charge is 0.457 e. The van der Waals surface area contributed by atoms with Gasteiger partial charge in [0.1, 0.15) is 0 Å². The maximum absolute atomic E-state index is 12.7. The van der Waals surface area contributed by atoms with Crippen molar-refractivity contribution in [1.29, 1.82) is 0 Å². The molecular formula is C20H19Cl2NO5S.